The van der Waals surface area contributed by atoms with Crippen molar-refractivity contribution in [3.8, 4) is 0 Å². The molecular weight excluding hydrogens is 368 g/mol. The van der Waals surface area contributed by atoms with Crippen LogP contribution >= 0.6 is 0 Å². The third kappa shape index (κ3) is 3.88. The maximum Gasteiger partial charge on any atom is 0.276 e. The van der Waals surface area contributed by atoms with Crippen molar-refractivity contribution in [1.29, 1.82) is 0 Å². The first-order valence-electron chi connectivity index (χ1n) is 10.3. The standard InChI is InChI=1S/C20H26N8O/c29-20(18-15-28(24-23-18)17-4-6-21-7-5-17)26-11-9-25(10-12-26)13-16-14-27-8-2-1-3-19(27)22-16/h1-3,8,14-15,17,21H,4-7,9-13H2. The molecule has 29 heavy (non-hydrogen) atoms. The summed E-state index contributed by atoms with van der Waals surface area (Å²) in [5, 5.41) is 11.7. The minimum Gasteiger partial charge on any atom is -0.335 e. The lowest BCUT2D eigenvalue weighted by molar-refractivity contribution is 0.0621. The van der Waals surface area contributed by atoms with Gasteiger partial charge < -0.3 is 14.6 Å². The Bertz CT molecular complexity index is 948. The Hall–Kier alpha value is -2.78. The molecule has 2 aliphatic heterocycles. The molecule has 2 aliphatic rings. The van der Waals surface area contributed by atoms with Gasteiger partial charge in [-0.2, -0.15) is 0 Å². The molecule has 152 valence electrons. The van der Waals surface area contributed by atoms with Crippen LogP contribution < -0.4 is 5.32 Å². The summed E-state index contributed by atoms with van der Waals surface area (Å²) in [6.45, 7) is 5.85. The van der Waals surface area contributed by atoms with Gasteiger partial charge in [-0.3, -0.25) is 9.69 Å². The van der Waals surface area contributed by atoms with E-state index in [0.29, 0.717) is 24.8 Å². The number of hydrogen-bond acceptors (Lipinski definition) is 6. The van der Waals surface area contributed by atoms with Crippen molar-refractivity contribution < 1.29 is 4.79 Å². The lowest BCUT2D eigenvalue weighted by Crippen LogP contribution is -2.48. The summed E-state index contributed by atoms with van der Waals surface area (Å²) < 4.78 is 3.91. The maximum absolute atomic E-state index is 12.8. The fraction of sp³-hybridized carbons (Fsp3) is 0.500. The molecule has 0 atom stereocenters. The number of nitrogens with zero attached hydrogens (tertiary/aromatic N) is 7. The van der Waals surface area contributed by atoms with E-state index >= 15 is 0 Å². The molecule has 5 heterocycles. The van der Waals surface area contributed by atoms with Crippen LogP contribution in [0.5, 0.6) is 0 Å². The summed E-state index contributed by atoms with van der Waals surface area (Å²) in [5.41, 5.74) is 2.48. The monoisotopic (exact) mass is 394 g/mol. The predicted octanol–water partition coefficient (Wildman–Crippen LogP) is 0.808. The molecule has 0 saturated carbocycles. The largest absolute Gasteiger partial charge is 0.335 e. The first kappa shape index (κ1) is 18.3. The molecule has 0 aromatic carbocycles. The highest BCUT2D eigenvalue weighted by molar-refractivity contribution is 5.92. The number of nitrogens with one attached hydrogen (secondary N) is 1. The van der Waals surface area contributed by atoms with Gasteiger partial charge in [0.05, 0.1) is 17.9 Å². The second-order valence-corrected chi connectivity index (χ2v) is 7.83. The van der Waals surface area contributed by atoms with Gasteiger partial charge in [0.25, 0.3) is 5.91 Å². The molecular formula is C20H26N8O. The van der Waals surface area contributed by atoms with Crippen molar-refractivity contribution in [2.24, 2.45) is 0 Å². The molecule has 5 rings (SSSR count). The van der Waals surface area contributed by atoms with E-state index in [1.807, 2.05) is 44.6 Å². The first-order chi connectivity index (χ1) is 14.3. The maximum atomic E-state index is 12.8. The topological polar surface area (TPSA) is 83.6 Å². The number of hydrogen-bond donors (Lipinski definition) is 1. The molecule has 0 spiro atoms. The van der Waals surface area contributed by atoms with Crippen LogP contribution in [0.4, 0.5) is 0 Å². The van der Waals surface area contributed by atoms with Crippen LogP contribution in [-0.4, -0.2) is 79.4 Å². The summed E-state index contributed by atoms with van der Waals surface area (Å²) in [6, 6.07) is 6.35. The average molecular weight is 394 g/mol. The number of pyridine rings is 1. The van der Waals surface area contributed by atoms with Crippen LogP contribution in [0.2, 0.25) is 0 Å². The first-order valence-corrected chi connectivity index (χ1v) is 10.3. The molecule has 3 aromatic heterocycles. The minimum absolute atomic E-state index is 0.0161. The summed E-state index contributed by atoms with van der Waals surface area (Å²) >= 11 is 0. The lowest BCUT2D eigenvalue weighted by atomic mass is 10.1. The number of carbonyl (C=O) groups excluding carboxylic acids is 1. The van der Waals surface area contributed by atoms with Crippen LogP contribution in [0, 0.1) is 0 Å². The predicted molar refractivity (Wildman–Crippen MR) is 108 cm³/mol. The lowest BCUT2D eigenvalue weighted by Gasteiger charge is -2.33. The number of carbonyl (C=O) groups is 1. The quantitative estimate of drug-likeness (QED) is 0.705. The number of aromatic nitrogens is 5. The van der Waals surface area contributed by atoms with E-state index in [1.54, 1.807) is 0 Å². The SMILES string of the molecule is O=C(c1cn(C2CCNCC2)nn1)N1CCN(Cc2cn3ccccc3n2)CC1. The Morgan fingerprint density at radius 3 is 2.72 bits per heavy atom. The van der Waals surface area contributed by atoms with Crippen molar-refractivity contribution in [3.05, 3.63) is 48.2 Å². The van der Waals surface area contributed by atoms with E-state index in [0.717, 1.165) is 56.9 Å². The average Bonchev–Trinajstić information content (AvgIpc) is 3.41. The molecule has 2 fully saturated rings. The zero-order valence-corrected chi connectivity index (χ0v) is 16.4. The van der Waals surface area contributed by atoms with Gasteiger partial charge in [0.15, 0.2) is 5.69 Å². The van der Waals surface area contributed by atoms with E-state index < -0.39 is 0 Å². The molecule has 3 aromatic rings. The molecule has 1 amide bonds. The van der Waals surface area contributed by atoms with Gasteiger partial charge >= 0.3 is 0 Å². The van der Waals surface area contributed by atoms with Crippen molar-refractivity contribution in [2.75, 3.05) is 39.3 Å². The third-order valence-electron chi connectivity index (χ3n) is 5.87. The van der Waals surface area contributed by atoms with Crippen LogP contribution in [0.3, 0.4) is 0 Å². The van der Waals surface area contributed by atoms with Gasteiger partial charge in [-0.1, -0.05) is 11.3 Å². The Balaban J connectivity index is 1.17. The molecule has 0 aliphatic carbocycles. The van der Waals surface area contributed by atoms with Gasteiger partial charge in [-0.25, -0.2) is 9.67 Å². The van der Waals surface area contributed by atoms with Crippen molar-refractivity contribution in [1.82, 2.24) is 39.5 Å². The fourth-order valence-corrected chi connectivity index (χ4v) is 4.19. The van der Waals surface area contributed by atoms with Crippen LogP contribution in [0.15, 0.2) is 36.8 Å². The van der Waals surface area contributed by atoms with Gasteiger partial charge in [-0.05, 0) is 38.1 Å². The highest BCUT2D eigenvalue weighted by Crippen LogP contribution is 2.18. The van der Waals surface area contributed by atoms with E-state index in [2.05, 4.69) is 31.7 Å². The third-order valence-corrected chi connectivity index (χ3v) is 5.87. The molecule has 2 saturated heterocycles. The Kier molecular flexibility index (Phi) is 4.99. The Labute approximate surface area is 169 Å². The Morgan fingerprint density at radius 2 is 1.93 bits per heavy atom. The zero-order chi connectivity index (χ0) is 19.6. The molecule has 0 bridgehead atoms. The summed E-state index contributed by atoms with van der Waals surface area (Å²) in [5.74, 6) is -0.0161. The highest BCUT2D eigenvalue weighted by Gasteiger charge is 2.25. The van der Waals surface area contributed by atoms with Gasteiger partial charge in [0, 0.05) is 45.1 Å². The fourth-order valence-electron chi connectivity index (χ4n) is 4.19. The number of rotatable bonds is 4. The smallest absolute Gasteiger partial charge is 0.276 e. The van der Waals surface area contributed by atoms with Crippen LogP contribution in [0.25, 0.3) is 5.65 Å². The van der Waals surface area contributed by atoms with E-state index in [-0.39, 0.29) is 5.91 Å². The summed E-state index contributed by atoms with van der Waals surface area (Å²) in [7, 11) is 0. The van der Waals surface area contributed by atoms with Gasteiger partial charge in [-0.15, -0.1) is 5.10 Å². The van der Waals surface area contributed by atoms with Crippen molar-refractivity contribution >= 4 is 11.6 Å². The number of piperidine rings is 1. The Morgan fingerprint density at radius 1 is 1.10 bits per heavy atom. The van der Waals surface area contributed by atoms with Crippen LogP contribution in [-0.2, 0) is 6.54 Å². The van der Waals surface area contributed by atoms with Gasteiger partial charge in [0.1, 0.15) is 5.65 Å². The van der Waals surface area contributed by atoms with Gasteiger partial charge in [0.2, 0.25) is 0 Å². The second kappa shape index (κ2) is 7.92. The van der Waals surface area contributed by atoms with E-state index in [4.69, 9.17) is 0 Å². The summed E-state index contributed by atoms with van der Waals surface area (Å²) in [4.78, 5) is 21.7. The molecule has 0 unspecified atom stereocenters. The minimum atomic E-state index is -0.0161. The molecule has 9 nitrogen and oxygen atoms in total. The van der Waals surface area contributed by atoms with Crippen molar-refractivity contribution in [2.45, 2.75) is 25.4 Å². The summed E-state index contributed by atoms with van der Waals surface area (Å²) in [6.07, 6.45) is 7.96. The van der Waals surface area contributed by atoms with E-state index in [1.165, 1.54) is 0 Å². The molecule has 9 heteroatoms. The van der Waals surface area contributed by atoms with Crippen LogP contribution in [0.1, 0.15) is 35.1 Å². The molecule has 0 radical (unpaired) electrons. The number of piperazine rings is 1. The van der Waals surface area contributed by atoms with Crippen molar-refractivity contribution in [3.63, 3.8) is 0 Å². The highest BCUT2D eigenvalue weighted by atomic mass is 16.2. The number of amides is 1. The zero-order valence-electron chi connectivity index (χ0n) is 16.4. The normalized spacial score (nSPS) is 19.1. The number of imidazole rings is 1. The van der Waals surface area contributed by atoms with E-state index in [9.17, 15) is 4.79 Å². The molecule has 1 N–H and O–H groups in total. The second-order valence-electron chi connectivity index (χ2n) is 7.83. The number of fused-ring (bicyclic) bond motifs is 1.